The zero-order valence-electron chi connectivity index (χ0n) is 11.7. The molecule has 22 heavy (non-hydrogen) atoms. The third kappa shape index (κ3) is 4.08. The average molecular weight is 325 g/mol. The fraction of sp³-hybridized carbons (Fsp3) is 0.214. The van der Waals surface area contributed by atoms with Crippen molar-refractivity contribution in [3.05, 3.63) is 47.5 Å². The topological polar surface area (TPSA) is 64.1 Å². The number of anilines is 1. The van der Waals surface area contributed by atoms with Crippen LogP contribution in [0.15, 0.2) is 36.9 Å². The predicted molar refractivity (Wildman–Crippen MR) is 79.6 cm³/mol. The number of nitrogens with zero attached hydrogens (tertiary/aromatic N) is 2. The standard InChI is InChI=1S/C14H13F2N3O2S/c1-3-8-21-10-6-4-9(5-7-10)11(20)17-13-19-18-12(22-13)14(2,15)16/h3-7H,1,8H2,2H3,(H,17,19,20). The van der Waals surface area contributed by atoms with Crippen LogP contribution in [0.5, 0.6) is 5.75 Å². The second kappa shape index (κ2) is 6.61. The van der Waals surface area contributed by atoms with Crippen molar-refractivity contribution in [2.75, 3.05) is 11.9 Å². The fourth-order valence-corrected chi connectivity index (χ4v) is 2.15. The number of carbonyl (C=O) groups is 1. The molecule has 0 bridgehead atoms. The summed E-state index contributed by atoms with van der Waals surface area (Å²) in [4.78, 5) is 12.0. The molecule has 0 fully saturated rings. The largest absolute Gasteiger partial charge is 0.490 e. The van der Waals surface area contributed by atoms with E-state index in [2.05, 4.69) is 22.1 Å². The lowest BCUT2D eigenvalue weighted by Crippen LogP contribution is -2.11. The van der Waals surface area contributed by atoms with Crippen molar-refractivity contribution in [3.63, 3.8) is 0 Å². The van der Waals surface area contributed by atoms with E-state index >= 15 is 0 Å². The molecular weight excluding hydrogens is 312 g/mol. The van der Waals surface area contributed by atoms with Gasteiger partial charge in [-0.05, 0) is 24.3 Å². The highest BCUT2D eigenvalue weighted by Gasteiger charge is 2.29. The Hall–Kier alpha value is -2.35. The fourth-order valence-electron chi connectivity index (χ4n) is 1.48. The molecule has 0 aliphatic carbocycles. The molecule has 0 saturated heterocycles. The molecule has 8 heteroatoms. The zero-order chi connectivity index (χ0) is 16.2. The summed E-state index contributed by atoms with van der Waals surface area (Å²) in [5, 5.41) is 8.89. The molecule has 0 saturated carbocycles. The van der Waals surface area contributed by atoms with E-state index in [1.165, 1.54) is 0 Å². The van der Waals surface area contributed by atoms with Gasteiger partial charge >= 0.3 is 0 Å². The summed E-state index contributed by atoms with van der Waals surface area (Å²) < 4.78 is 31.4. The van der Waals surface area contributed by atoms with E-state index in [0.717, 1.165) is 6.92 Å². The summed E-state index contributed by atoms with van der Waals surface area (Å²) in [6.07, 6.45) is 1.61. The van der Waals surface area contributed by atoms with Crippen LogP contribution in [-0.4, -0.2) is 22.7 Å². The smallest absolute Gasteiger partial charge is 0.298 e. The first-order chi connectivity index (χ1) is 10.4. The highest BCUT2D eigenvalue weighted by atomic mass is 32.1. The minimum atomic E-state index is -3.08. The van der Waals surface area contributed by atoms with Crippen molar-refractivity contribution in [1.29, 1.82) is 0 Å². The summed E-state index contributed by atoms with van der Waals surface area (Å²) >= 11 is 0.637. The molecule has 2 rings (SSSR count). The first kappa shape index (κ1) is 16.0. The molecule has 1 aromatic carbocycles. The molecule has 0 unspecified atom stereocenters. The maximum absolute atomic E-state index is 13.0. The predicted octanol–water partition coefficient (Wildman–Crippen LogP) is 3.47. The molecule has 1 aromatic heterocycles. The van der Waals surface area contributed by atoms with E-state index in [1.54, 1.807) is 30.3 Å². The third-order valence-corrected chi connectivity index (χ3v) is 3.52. The lowest BCUT2D eigenvalue weighted by Gasteiger charge is -2.05. The number of halogens is 2. The Morgan fingerprint density at radius 2 is 2.09 bits per heavy atom. The van der Waals surface area contributed by atoms with E-state index in [-0.39, 0.29) is 5.13 Å². The highest BCUT2D eigenvalue weighted by Crippen LogP contribution is 2.31. The van der Waals surface area contributed by atoms with Gasteiger partial charge in [0.25, 0.3) is 11.8 Å². The van der Waals surface area contributed by atoms with Crippen LogP contribution in [0.4, 0.5) is 13.9 Å². The molecule has 116 valence electrons. The second-order valence-corrected chi connectivity index (χ2v) is 5.36. The van der Waals surface area contributed by atoms with Crippen molar-refractivity contribution in [1.82, 2.24) is 10.2 Å². The van der Waals surface area contributed by atoms with E-state index in [4.69, 9.17) is 4.74 Å². The van der Waals surface area contributed by atoms with Crippen LogP contribution in [0.3, 0.4) is 0 Å². The van der Waals surface area contributed by atoms with Gasteiger partial charge in [-0.2, -0.15) is 8.78 Å². The van der Waals surface area contributed by atoms with Gasteiger partial charge in [0.2, 0.25) is 5.13 Å². The SMILES string of the molecule is C=CCOc1ccc(C(=O)Nc2nnc(C(C)(F)F)s2)cc1. The zero-order valence-corrected chi connectivity index (χ0v) is 12.5. The van der Waals surface area contributed by atoms with Crippen LogP contribution in [0.2, 0.25) is 0 Å². The Labute approximate surface area is 129 Å². The Morgan fingerprint density at radius 3 is 2.64 bits per heavy atom. The minimum absolute atomic E-state index is 0.0218. The van der Waals surface area contributed by atoms with Gasteiger partial charge in [0, 0.05) is 12.5 Å². The number of hydrogen-bond donors (Lipinski definition) is 1. The number of benzene rings is 1. The van der Waals surface area contributed by atoms with Gasteiger partial charge in [-0.25, -0.2) is 0 Å². The average Bonchev–Trinajstić information content (AvgIpc) is 2.94. The molecule has 0 aliphatic rings. The van der Waals surface area contributed by atoms with E-state index < -0.39 is 16.8 Å². The van der Waals surface area contributed by atoms with Crippen LogP contribution in [0, 0.1) is 0 Å². The van der Waals surface area contributed by atoms with Crippen LogP contribution in [0.25, 0.3) is 0 Å². The molecule has 2 aromatic rings. The van der Waals surface area contributed by atoms with Crippen molar-refractivity contribution >= 4 is 22.4 Å². The molecule has 1 heterocycles. The minimum Gasteiger partial charge on any atom is -0.490 e. The van der Waals surface area contributed by atoms with Crippen molar-refractivity contribution in [3.8, 4) is 5.75 Å². The number of amides is 1. The van der Waals surface area contributed by atoms with E-state index in [1.807, 2.05) is 0 Å². The summed E-state index contributed by atoms with van der Waals surface area (Å²) in [6.45, 7) is 4.62. The number of aromatic nitrogens is 2. The molecule has 0 spiro atoms. The summed E-state index contributed by atoms with van der Waals surface area (Å²) in [6, 6.07) is 6.38. The molecule has 0 aliphatic heterocycles. The number of carbonyl (C=O) groups excluding carboxylic acids is 1. The van der Waals surface area contributed by atoms with Crippen LogP contribution in [-0.2, 0) is 5.92 Å². The van der Waals surface area contributed by atoms with Crippen molar-refractivity contribution < 1.29 is 18.3 Å². The molecule has 1 N–H and O–H groups in total. The van der Waals surface area contributed by atoms with Gasteiger partial charge in [-0.15, -0.1) is 10.2 Å². The normalized spacial score (nSPS) is 11.0. The number of rotatable bonds is 6. The number of nitrogens with one attached hydrogen (secondary N) is 1. The first-order valence-electron chi connectivity index (χ1n) is 6.27. The van der Waals surface area contributed by atoms with Gasteiger partial charge in [-0.3, -0.25) is 10.1 Å². The Bertz CT molecular complexity index is 665. The summed E-state index contributed by atoms with van der Waals surface area (Å²) in [7, 11) is 0. The number of alkyl halides is 2. The first-order valence-corrected chi connectivity index (χ1v) is 7.08. The number of ether oxygens (including phenoxy) is 1. The van der Waals surface area contributed by atoms with Gasteiger partial charge in [0.05, 0.1) is 0 Å². The monoisotopic (exact) mass is 325 g/mol. The van der Waals surface area contributed by atoms with E-state index in [0.29, 0.717) is 29.3 Å². The van der Waals surface area contributed by atoms with Crippen molar-refractivity contribution in [2.45, 2.75) is 12.8 Å². The van der Waals surface area contributed by atoms with Gasteiger partial charge < -0.3 is 4.74 Å². The molecule has 0 radical (unpaired) electrons. The maximum Gasteiger partial charge on any atom is 0.298 e. The van der Waals surface area contributed by atoms with Crippen LogP contribution < -0.4 is 10.1 Å². The lowest BCUT2D eigenvalue weighted by molar-refractivity contribution is 0.0165. The Balaban J connectivity index is 2.02. The highest BCUT2D eigenvalue weighted by molar-refractivity contribution is 7.15. The van der Waals surface area contributed by atoms with Crippen molar-refractivity contribution in [2.24, 2.45) is 0 Å². The number of hydrogen-bond acceptors (Lipinski definition) is 5. The third-order valence-electron chi connectivity index (χ3n) is 2.51. The lowest BCUT2D eigenvalue weighted by atomic mass is 10.2. The summed E-state index contributed by atoms with van der Waals surface area (Å²) in [5.41, 5.74) is 0.353. The van der Waals surface area contributed by atoms with Gasteiger partial charge in [0.15, 0.2) is 5.01 Å². The maximum atomic E-state index is 13.0. The second-order valence-electron chi connectivity index (χ2n) is 4.38. The quantitative estimate of drug-likeness (QED) is 0.826. The summed E-state index contributed by atoms with van der Waals surface area (Å²) in [5.74, 6) is -2.94. The Morgan fingerprint density at radius 1 is 1.41 bits per heavy atom. The Kier molecular flexibility index (Phi) is 4.81. The molecule has 1 amide bonds. The van der Waals surface area contributed by atoms with Gasteiger partial charge in [-0.1, -0.05) is 24.0 Å². The molecule has 0 atom stereocenters. The van der Waals surface area contributed by atoms with Crippen LogP contribution in [0.1, 0.15) is 22.3 Å². The van der Waals surface area contributed by atoms with Gasteiger partial charge in [0.1, 0.15) is 12.4 Å². The van der Waals surface area contributed by atoms with E-state index in [9.17, 15) is 13.6 Å². The molecular formula is C14H13F2N3O2S. The van der Waals surface area contributed by atoms with Crippen LogP contribution >= 0.6 is 11.3 Å². The molecule has 5 nitrogen and oxygen atoms in total.